The van der Waals surface area contributed by atoms with Crippen molar-refractivity contribution in [3.8, 4) is 11.5 Å². The van der Waals surface area contributed by atoms with Crippen LogP contribution in [0.1, 0.15) is 35.2 Å². The Bertz CT molecular complexity index is 832. The van der Waals surface area contributed by atoms with Gasteiger partial charge in [-0.25, -0.2) is 4.79 Å². The van der Waals surface area contributed by atoms with E-state index in [4.69, 9.17) is 9.39 Å². The van der Waals surface area contributed by atoms with E-state index < -0.39 is 13.1 Å². The van der Waals surface area contributed by atoms with Crippen LogP contribution in [0.4, 0.5) is 0 Å². The average molecular weight is 434 g/mol. The van der Waals surface area contributed by atoms with Crippen molar-refractivity contribution in [2.24, 2.45) is 5.41 Å². The number of rotatable bonds is 5. The molecular weight excluding hydrogens is 407 g/mol. The smallest absolute Gasteiger partial charge is 0.534 e. The number of nitrogens with one attached hydrogen (secondary N) is 1. The number of fused-ring (bicyclic) bond motifs is 1. The second kappa shape index (κ2) is 8.68. The number of carbonyl (C=O) groups excluding carboxylic acids is 1. The Hall–Kier alpha value is -1.91. The number of carbonyl (C=O) groups is 2. The van der Waals surface area contributed by atoms with E-state index in [0.29, 0.717) is 12.0 Å². The summed E-state index contributed by atoms with van der Waals surface area (Å²) in [4.78, 5) is 26.3. The van der Waals surface area contributed by atoms with Crippen LogP contribution in [0.3, 0.4) is 0 Å². The van der Waals surface area contributed by atoms with Crippen LogP contribution in [0.2, 0.25) is 0 Å². The van der Waals surface area contributed by atoms with Crippen molar-refractivity contribution in [1.82, 2.24) is 10.2 Å². The van der Waals surface area contributed by atoms with Crippen LogP contribution in [0.5, 0.6) is 11.5 Å². The van der Waals surface area contributed by atoms with E-state index >= 15 is 0 Å². The van der Waals surface area contributed by atoms with Crippen molar-refractivity contribution in [2.45, 2.75) is 30.8 Å². The number of thioether (sulfide) groups is 1. The highest BCUT2D eigenvalue weighted by Crippen LogP contribution is 2.40. The number of hydrogen-bond donors (Lipinski definition) is 3. The normalized spacial score (nSPS) is 22.5. The van der Waals surface area contributed by atoms with Crippen LogP contribution in [0.25, 0.3) is 0 Å². The molecule has 30 heavy (non-hydrogen) atoms. The molecule has 0 aliphatic carbocycles. The summed E-state index contributed by atoms with van der Waals surface area (Å²) in [6.45, 7) is 3.66. The molecule has 1 unspecified atom stereocenters. The summed E-state index contributed by atoms with van der Waals surface area (Å²) in [6, 6.07) is 3.35. The Morgan fingerprint density at radius 1 is 1.37 bits per heavy atom. The third-order valence-electron chi connectivity index (χ3n) is 6.49. The maximum atomic E-state index is 12.8. The van der Waals surface area contributed by atoms with Crippen LogP contribution in [-0.2, 0) is 11.2 Å². The third kappa shape index (κ3) is 4.13. The zero-order valence-corrected chi connectivity index (χ0v) is 17.9. The molecule has 8 nitrogen and oxygen atoms in total. The molecule has 10 heteroatoms. The SMILES string of the molecule is COc1ccc2c(c1C(=O)O)OB(O)C(SCC(=O)N1CCC3(CCNCC3)C1)C2. The quantitative estimate of drug-likeness (QED) is 0.591. The number of benzene rings is 1. The van der Waals surface area contributed by atoms with Gasteiger partial charge in [0, 0.05) is 13.1 Å². The number of carboxylic acid groups (broad SMARTS) is 1. The summed E-state index contributed by atoms with van der Waals surface area (Å²) >= 11 is 1.37. The predicted octanol–water partition coefficient (Wildman–Crippen LogP) is 1.05. The van der Waals surface area contributed by atoms with Crippen molar-refractivity contribution >= 4 is 30.8 Å². The lowest BCUT2D eigenvalue weighted by molar-refractivity contribution is -0.127. The van der Waals surface area contributed by atoms with Gasteiger partial charge in [-0.1, -0.05) is 6.07 Å². The number of ether oxygens (including phenoxy) is 1. The summed E-state index contributed by atoms with van der Waals surface area (Å²) in [5, 5.41) is 23.0. The monoisotopic (exact) mass is 434 g/mol. The van der Waals surface area contributed by atoms with Gasteiger partial charge in [0.2, 0.25) is 5.91 Å². The first-order valence-electron chi connectivity index (χ1n) is 10.3. The van der Waals surface area contributed by atoms with Gasteiger partial charge >= 0.3 is 13.1 Å². The first kappa shape index (κ1) is 21.3. The summed E-state index contributed by atoms with van der Waals surface area (Å²) in [6.07, 6.45) is 3.72. The Balaban J connectivity index is 1.38. The Morgan fingerprint density at radius 3 is 2.83 bits per heavy atom. The first-order chi connectivity index (χ1) is 14.4. The van der Waals surface area contributed by atoms with Gasteiger partial charge in [0.25, 0.3) is 0 Å². The van der Waals surface area contributed by atoms with E-state index in [1.54, 1.807) is 12.1 Å². The summed E-state index contributed by atoms with van der Waals surface area (Å²) in [7, 11) is 0.208. The number of likely N-dealkylation sites (tertiary alicyclic amines) is 1. The molecule has 1 spiro atoms. The zero-order chi connectivity index (χ0) is 21.3. The van der Waals surface area contributed by atoms with Crippen molar-refractivity contribution in [2.75, 3.05) is 39.0 Å². The molecule has 1 atom stereocenters. The van der Waals surface area contributed by atoms with Gasteiger partial charge in [0.15, 0.2) is 0 Å². The number of amides is 1. The fraction of sp³-hybridized carbons (Fsp3) is 0.600. The maximum Gasteiger partial charge on any atom is 0.536 e. The van der Waals surface area contributed by atoms with Gasteiger partial charge in [-0.3, -0.25) is 4.79 Å². The molecule has 0 bridgehead atoms. The minimum Gasteiger partial charge on any atom is -0.534 e. The zero-order valence-electron chi connectivity index (χ0n) is 17.1. The number of piperidine rings is 1. The van der Waals surface area contributed by atoms with Crippen LogP contribution >= 0.6 is 11.8 Å². The first-order valence-corrected chi connectivity index (χ1v) is 11.4. The number of hydrogen-bond acceptors (Lipinski definition) is 7. The van der Waals surface area contributed by atoms with Crippen LogP contribution in [0.15, 0.2) is 12.1 Å². The number of carboxylic acids is 1. The summed E-state index contributed by atoms with van der Waals surface area (Å²) < 4.78 is 10.7. The molecule has 3 aliphatic rings. The minimum absolute atomic E-state index is 0.0853. The standard InChI is InChI=1S/C20H27BN2O6S/c1-28-14-3-2-13-10-15(21(27)29-18(13)17(14)19(25)26)30-11-16(24)23-9-6-20(12-23)4-7-22-8-5-20/h2-3,15,22,27H,4-12H2,1H3,(H,25,26). The fourth-order valence-corrected chi connectivity index (χ4v) is 5.77. The molecule has 2 fully saturated rings. The van der Waals surface area contributed by atoms with Gasteiger partial charge in [-0.2, -0.15) is 0 Å². The second-order valence-corrected chi connectivity index (χ2v) is 9.54. The molecule has 1 aromatic rings. The van der Waals surface area contributed by atoms with E-state index in [2.05, 4.69) is 5.32 Å². The van der Waals surface area contributed by atoms with E-state index in [1.165, 1.54) is 18.9 Å². The topological polar surface area (TPSA) is 108 Å². The number of aromatic carboxylic acids is 1. The Morgan fingerprint density at radius 2 is 2.13 bits per heavy atom. The number of methoxy groups -OCH3 is 1. The van der Waals surface area contributed by atoms with Crippen molar-refractivity contribution < 1.29 is 29.1 Å². The average Bonchev–Trinajstić information content (AvgIpc) is 3.14. The lowest BCUT2D eigenvalue weighted by atomic mass is 9.77. The van der Waals surface area contributed by atoms with Crippen molar-refractivity contribution in [1.29, 1.82) is 0 Å². The molecule has 0 aromatic heterocycles. The highest BCUT2D eigenvalue weighted by Gasteiger charge is 2.42. The largest absolute Gasteiger partial charge is 0.536 e. The van der Waals surface area contributed by atoms with Gasteiger partial charge < -0.3 is 29.7 Å². The van der Waals surface area contributed by atoms with Crippen LogP contribution in [0, 0.1) is 5.41 Å². The van der Waals surface area contributed by atoms with Gasteiger partial charge in [-0.05, 0) is 55.8 Å². The highest BCUT2D eigenvalue weighted by atomic mass is 32.2. The van der Waals surface area contributed by atoms with E-state index in [1.807, 2.05) is 4.90 Å². The molecule has 4 rings (SSSR count). The summed E-state index contributed by atoms with van der Waals surface area (Å²) in [5.41, 5.74) is 0.876. The molecule has 0 radical (unpaired) electrons. The lowest BCUT2D eigenvalue weighted by Gasteiger charge is -2.33. The molecule has 0 saturated carbocycles. The molecule has 3 aliphatic heterocycles. The third-order valence-corrected chi connectivity index (χ3v) is 7.73. The Labute approximate surface area is 180 Å². The summed E-state index contributed by atoms with van der Waals surface area (Å²) in [5.74, 6) is -0.468. The minimum atomic E-state index is -1.19. The van der Waals surface area contributed by atoms with Gasteiger partial charge in [0.05, 0.1) is 18.0 Å². The van der Waals surface area contributed by atoms with Gasteiger partial charge in [-0.15, -0.1) is 11.8 Å². The number of nitrogens with zero attached hydrogens (tertiary/aromatic N) is 1. The Kier molecular flexibility index (Phi) is 6.17. The maximum absolute atomic E-state index is 12.8. The molecule has 2 saturated heterocycles. The van der Waals surface area contributed by atoms with Crippen LogP contribution in [-0.4, -0.2) is 78.2 Å². The molecule has 1 aromatic carbocycles. The van der Waals surface area contributed by atoms with E-state index in [9.17, 15) is 19.7 Å². The molecule has 3 N–H and O–H groups in total. The predicted molar refractivity (Wildman–Crippen MR) is 114 cm³/mol. The lowest BCUT2D eigenvalue weighted by Crippen LogP contribution is -2.42. The molecular formula is C20H27BN2O6S. The van der Waals surface area contributed by atoms with E-state index in [0.717, 1.165) is 45.4 Å². The molecule has 162 valence electrons. The van der Waals surface area contributed by atoms with E-state index in [-0.39, 0.29) is 39.3 Å². The molecule has 1 amide bonds. The highest BCUT2D eigenvalue weighted by molar-refractivity contribution is 8.01. The molecule has 3 heterocycles. The van der Waals surface area contributed by atoms with Crippen molar-refractivity contribution in [3.63, 3.8) is 0 Å². The van der Waals surface area contributed by atoms with Crippen molar-refractivity contribution in [3.05, 3.63) is 23.3 Å². The van der Waals surface area contributed by atoms with Crippen LogP contribution < -0.4 is 14.7 Å². The second-order valence-electron chi connectivity index (χ2n) is 8.31. The fourth-order valence-electron chi connectivity index (χ4n) is 4.71. The van der Waals surface area contributed by atoms with Gasteiger partial charge in [0.1, 0.15) is 17.1 Å².